The Kier molecular flexibility index (Phi) is 6.42. The highest BCUT2D eigenvalue weighted by Gasteiger charge is 2.15. The van der Waals surface area contributed by atoms with E-state index in [1.165, 1.54) is 11.8 Å². The Morgan fingerprint density at radius 1 is 1.32 bits per heavy atom. The van der Waals surface area contributed by atoms with Gasteiger partial charge in [-0.25, -0.2) is 0 Å². The standard InChI is InChI=1S/C19H15ClN6OS/c1-2-9-26-18(13-5-7-22-8-6-13)24-25-19(26)28-12-17(27)23-16-10-15(20)4-3-14(16)11-21/h2-8,10H,1,9,12H2,(H,23,27). The van der Waals surface area contributed by atoms with Gasteiger partial charge in [-0.1, -0.05) is 29.4 Å². The first-order valence-corrected chi connectivity index (χ1v) is 9.55. The predicted molar refractivity (Wildman–Crippen MR) is 109 cm³/mol. The maximum atomic E-state index is 12.3. The van der Waals surface area contributed by atoms with Crippen LogP contribution in [0, 0.1) is 11.3 Å². The van der Waals surface area contributed by atoms with Crippen LogP contribution in [0.1, 0.15) is 5.56 Å². The van der Waals surface area contributed by atoms with Crippen LogP contribution in [0.5, 0.6) is 0 Å². The molecular formula is C19H15ClN6OS. The lowest BCUT2D eigenvalue weighted by atomic mass is 10.2. The molecule has 0 aliphatic heterocycles. The Hall–Kier alpha value is -3.15. The Morgan fingerprint density at radius 3 is 2.82 bits per heavy atom. The van der Waals surface area contributed by atoms with Crippen molar-refractivity contribution in [2.24, 2.45) is 0 Å². The summed E-state index contributed by atoms with van der Waals surface area (Å²) in [4.78, 5) is 16.3. The summed E-state index contributed by atoms with van der Waals surface area (Å²) in [5, 5.41) is 21.3. The highest BCUT2D eigenvalue weighted by molar-refractivity contribution is 7.99. The maximum Gasteiger partial charge on any atom is 0.234 e. The zero-order valence-corrected chi connectivity index (χ0v) is 16.2. The first-order valence-electron chi connectivity index (χ1n) is 8.19. The van der Waals surface area contributed by atoms with Crippen LogP contribution in [0.4, 0.5) is 5.69 Å². The summed E-state index contributed by atoms with van der Waals surface area (Å²) in [5.41, 5.74) is 1.60. The highest BCUT2D eigenvalue weighted by Crippen LogP contribution is 2.25. The van der Waals surface area contributed by atoms with E-state index in [0.717, 1.165) is 5.56 Å². The number of carbonyl (C=O) groups is 1. The molecule has 0 radical (unpaired) electrons. The number of nitrogens with zero attached hydrogens (tertiary/aromatic N) is 5. The Bertz CT molecular complexity index is 1040. The second kappa shape index (κ2) is 9.17. The average molecular weight is 411 g/mol. The SMILES string of the molecule is C=CCn1c(SCC(=O)Nc2cc(Cl)ccc2C#N)nnc1-c1ccncc1. The second-order valence-corrected chi connectivity index (χ2v) is 6.96. The third kappa shape index (κ3) is 4.57. The molecule has 0 spiro atoms. The van der Waals surface area contributed by atoms with E-state index in [9.17, 15) is 4.79 Å². The second-order valence-electron chi connectivity index (χ2n) is 5.58. The van der Waals surface area contributed by atoms with Crippen molar-refractivity contribution in [3.63, 3.8) is 0 Å². The molecule has 9 heteroatoms. The molecule has 0 atom stereocenters. The van der Waals surface area contributed by atoms with Crippen LogP contribution in [0.15, 0.2) is 60.5 Å². The first-order chi connectivity index (χ1) is 13.6. The van der Waals surface area contributed by atoms with E-state index >= 15 is 0 Å². The summed E-state index contributed by atoms with van der Waals surface area (Å²) in [6.07, 6.45) is 5.10. The monoisotopic (exact) mass is 410 g/mol. The van der Waals surface area contributed by atoms with Crippen LogP contribution in [0.25, 0.3) is 11.4 Å². The van der Waals surface area contributed by atoms with Gasteiger partial charge in [0.1, 0.15) is 6.07 Å². The van der Waals surface area contributed by atoms with Crippen molar-refractivity contribution < 1.29 is 4.79 Å². The van der Waals surface area contributed by atoms with Crippen molar-refractivity contribution in [3.05, 3.63) is 66.0 Å². The zero-order valence-electron chi connectivity index (χ0n) is 14.7. The van der Waals surface area contributed by atoms with Crippen LogP contribution < -0.4 is 5.32 Å². The fraction of sp³-hybridized carbons (Fsp3) is 0.105. The Labute approximate surface area is 171 Å². The minimum Gasteiger partial charge on any atom is -0.324 e. The molecule has 2 heterocycles. The van der Waals surface area contributed by atoms with Crippen LogP contribution in [0.3, 0.4) is 0 Å². The number of carbonyl (C=O) groups excluding carboxylic acids is 1. The summed E-state index contributed by atoms with van der Waals surface area (Å²) < 4.78 is 1.88. The number of nitriles is 1. The number of amides is 1. The Balaban J connectivity index is 1.73. The van der Waals surface area contributed by atoms with Crippen molar-refractivity contribution in [2.45, 2.75) is 11.7 Å². The van der Waals surface area contributed by atoms with Crippen molar-refractivity contribution in [2.75, 3.05) is 11.1 Å². The minimum atomic E-state index is -0.276. The van der Waals surface area contributed by atoms with E-state index in [-0.39, 0.29) is 11.7 Å². The third-order valence-electron chi connectivity index (χ3n) is 3.68. The van der Waals surface area contributed by atoms with E-state index in [1.807, 2.05) is 22.8 Å². The number of nitrogens with one attached hydrogen (secondary N) is 1. The quantitative estimate of drug-likeness (QED) is 0.470. The number of hydrogen-bond acceptors (Lipinski definition) is 6. The molecular weight excluding hydrogens is 396 g/mol. The van der Waals surface area contributed by atoms with Gasteiger partial charge in [0.2, 0.25) is 5.91 Å². The van der Waals surface area contributed by atoms with Crippen molar-refractivity contribution in [1.29, 1.82) is 5.26 Å². The molecule has 1 N–H and O–H groups in total. The number of aromatic nitrogens is 4. The summed E-state index contributed by atoms with van der Waals surface area (Å²) in [6, 6.07) is 10.4. The van der Waals surface area contributed by atoms with Gasteiger partial charge in [-0.05, 0) is 30.3 Å². The molecule has 2 aromatic heterocycles. The summed E-state index contributed by atoms with van der Waals surface area (Å²) in [7, 11) is 0. The molecule has 0 fully saturated rings. The summed E-state index contributed by atoms with van der Waals surface area (Å²) in [5.74, 6) is 0.498. The molecule has 3 aromatic rings. The van der Waals surface area contributed by atoms with E-state index < -0.39 is 0 Å². The molecule has 0 bridgehead atoms. The topological polar surface area (TPSA) is 96.5 Å². The molecule has 0 aliphatic carbocycles. The normalized spacial score (nSPS) is 10.3. The largest absolute Gasteiger partial charge is 0.324 e. The molecule has 1 amide bonds. The fourth-order valence-electron chi connectivity index (χ4n) is 2.44. The average Bonchev–Trinajstić information content (AvgIpc) is 3.10. The number of allylic oxidation sites excluding steroid dienone is 1. The number of hydrogen-bond donors (Lipinski definition) is 1. The fourth-order valence-corrected chi connectivity index (χ4v) is 3.36. The number of benzene rings is 1. The number of anilines is 1. The summed E-state index contributed by atoms with van der Waals surface area (Å²) >= 11 is 7.19. The van der Waals surface area contributed by atoms with Gasteiger partial charge >= 0.3 is 0 Å². The lowest BCUT2D eigenvalue weighted by Crippen LogP contribution is -2.15. The van der Waals surface area contributed by atoms with E-state index in [4.69, 9.17) is 16.9 Å². The molecule has 140 valence electrons. The Morgan fingerprint density at radius 2 is 2.11 bits per heavy atom. The lowest BCUT2D eigenvalue weighted by Gasteiger charge is -2.09. The van der Waals surface area contributed by atoms with Gasteiger partial charge < -0.3 is 5.32 Å². The highest BCUT2D eigenvalue weighted by atomic mass is 35.5. The summed E-state index contributed by atoms with van der Waals surface area (Å²) in [6.45, 7) is 4.27. The molecule has 1 aromatic carbocycles. The van der Waals surface area contributed by atoms with Crippen LogP contribution in [-0.4, -0.2) is 31.4 Å². The van der Waals surface area contributed by atoms with Gasteiger partial charge in [0, 0.05) is 29.5 Å². The van der Waals surface area contributed by atoms with Gasteiger partial charge in [0.15, 0.2) is 11.0 Å². The van der Waals surface area contributed by atoms with Crippen molar-refractivity contribution >= 4 is 35.0 Å². The number of halogens is 1. The van der Waals surface area contributed by atoms with Gasteiger partial charge in [0.05, 0.1) is 17.0 Å². The molecule has 3 rings (SSSR count). The zero-order chi connectivity index (χ0) is 19.9. The van der Waals surface area contributed by atoms with Crippen LogP contribution >= 0.6 is 23.4 Å². The van der Waals surface area contributed by atoms with Gasteiger partial charge in [-0.15, -0.1) is 16.8 Å². The van der Waals surface area contributed by atoms with Gasteiger partial charge in [0.25, 0.3) is 0 Å². The molecule has 0 aliphatic rings. The van der Waals surface area contributed by atoms with E-state index in [1.54, 1.807) is 36.7 Å². The molecule has 28 heavy (non-hydrogen) atoms. The lowest BCUT2D eigenvalue weighted by molar-refractivity contribution is -0.113. The smallest absolute Gasteiger partial charge is 0.234 e. The first kappa shape index (κ1) is 19.6. The minimum absolute atomic E-state index is 0.100. The van der Waals surface area contributed by atoms with Gasteiger partial charge in [-0.2, -0.15) is 5.26 Å². The number of rotatable bonds is 7. The molecule has 0 saturated carbocycles. The van der Waals surface area contributed by atoms with Crippen molar-refractivity contribution in [3.8, 4) is 17.5 Å². The van der Waals surface area contributed by atoms with Gasteiger partial charge in [-0.3, -0.25) is 14.3 Å². The van der Waals surface area contributed by atoms with E-state index in [2.05, 4.69) is 27.1 Å². The number of pyridine rings is 1. The van der Waals surface area contributed by atoms with Crippen LogP contribution in [0.2, 0.25) is 5.02 Å². The molecule has 7 nitrogen and oxygen atoms in total. The molecule has 0 saturated heterocycles. The van der Waals surface area contributed by atoms with Crippen LogP contribution in [-0.2, 0) is 11.3 Å². The number of thioether (sulfide) groups is 1. The molecule has 0 unspecified atom stereocenters. The van der Waals surface area contributed by atoms with E-state index in [0.29, 0.717) is 33.8 Å². The maximum absolute atomic E-state index is 12.3. The third-order valence-corrected chi connectivity index (χ3v) is 4.88. The van der Waals surface area contributed by atoms with Crippen molar-refractivity contribution in [1.82, 2.24) is 19.7 Å². The predicted octanol–water partition coefficient (Wildman–Crippen LogP) is 3.78.